The number of fused-ring (bicyclic) bond motifs is 1. The van der Waals surface area contributed by atoms with Gasteiger partial charge in [-0.05, 0) is 23.3 Å². The fourth-order valence-corrected chi connectivity index (χ4v) is 4.80. The maximum atomic E-state index is 13.0. The molecule has 25 heavy (non-hydrogen) atoms. The zero-order chi connectivity index (χ0) is 18.0. The second-order valence-electron chi connectivity index (χ2n) is 7.92. The molecule has 3 aliphatic rings. The number of ether oxygens (including phenoxy) is 2. The van der Waals surface area contributed by atoms with E-state index < -0.39 is 20.8 Å². The molecular weight excluding hydrogens is 335 g/mol. The van der Waals surface area contributed by atoms with Crippen molar-refractivity contribution in [1.82, 2.24) is 9.62 Å². The Morgan fingerprint density at radius 1 is 0.960 bits per heavy atom. The monoisotopic (exact) mass is 356 g/mol. The van der Waals surface area contributed by atoms with E-state index in [-0.39, 0.29) is 4.90 Å². The summed E-state index contributed by atoms with van der Waals surface area (Å²) in [4.78, 5) is 0.250. The quantitative estimate of drug-likeness (QED) is 0.435. The van der Waals surface area contributed by atoms with E-state index in [0.29, 0.717) is 24.6 Å². The number of sulfonamides is 1. The van der Waals surface area contributed by atoms with Crippen LogP contribution in [0.25, 0.3) is 0 Å². The highest BCUT2D eigenvalue weighted by molar-refractivity contribution is 7.89. The van der Waals surface area contributed by atoms with Crippen molar-refractivity contribution in [3.05, 3.63) is 29.3 Å². The molecule has 0 aliphatic carbocycles. The summed E-state index contributed by atoms with van der Waals surface area (Å²) in [6.45, 7) is 2.51. The van der Waals surface area contributed by atoms with Crippen LogP contribution in [-0.2, 0) is 10.0 Å². The van der Waals surface area contributed by atoms with E-state index in [1.54, 1.807) is 22.5 Å². The van der Waals surface area contributed by atoms with Crippen LogP contribution in [0.1, 0.15) is 0 Å². The average Bonchev–Trinajstić information content (AvgIpc) is 3.08. The molecule has 0 fully saturated rings. The third kappa shape index (κ3) is 2.64. The van der Waals surface area contributed by atoms with Crippen molar-refractivity contribution in [2.75, 3.05) is 26.2 Å². The lowest BCUT2D eigenvalue weighted by Gasteiger charge is -2.47. The third-order valence-corrected chi connectivity index (χ3v) is 7.43. The molecule has 6 nitrogen and oxygen atoms in total. The molecule has 1 aromatic carbocycles. The van der Waals surface area contributed by atoms with Gasteiger partial charge in [-0.15, -0.1) is 0 Å². The standard InChI is InChI=1S/C14H20B4N2O4S/c15-13(16)14(17,18)24-12-3-10(1-2-11(12)23-13)25(21,22)20-6-8-4-19-5-9(8)7-20/h1-3,19H,4-7,15-18H2. The molecule has 0 spiro atoms. The molecule has 0 aromatic heterocycles. The summed E-state index contributed by atoms with van der Waals surface area (Å²) in [5.41, 5.74) is 2.40. The van der Waals surface area contributed by atoms with Gasteiger partial charge in [0.1, 0.15) is 31.4 Å². The van der Waals surface area contributed by atoms with Gasteiger partial charge in [0, 0.05) is 32.2 Å². The van der Waals surface area contributed by atoms with Crippen LogP contribution >= 0.6 is 0 Å². The van der Waals surface area contributed by atoms with Crippen molar-refractivity contribution < 1.29 is 17.9 Å². The number of nitrogens with zero attached hydrogens (tertiary/aromatic N) is 1. The van der Waals surface area contributed by atoms with Crippen molar-refractivity contribution in [1.29, 1.82) is 0 Å². The van der Waals surface area contributed by atoms with Crippen LogP contribution in [0.2, 0.25) is 0 Å². The predicted molar refractivity (Wildman–Crippen MR) is 106 cm³/mol. The zero-order valence-corrected chi connectivity index (χ0v) is 15.9. The Morgan fingerprint density at radius 3 is 2.12 bits per heavy atom. The molecule has 0 atom stereocenters. The number of hydrogen-bond donors (Lipinski definition) is 1. The molecular formula is C14H20B4N2O4S. The molecule has 0 amide bonds. The topological polar surface area (TPSA) is 67.9 Å². The van der Waals surface area contributed by atoms with Crippen molar-refractivity contribution in [3.8, 4) is 11.5 Å². The normalized spacial score (nSPS) is 24.3. The largest absolute Gasteiger partial charge is 0.499 e. The number of nitrogens with one attached hydrogen (secondary N) is 1. The summed E-state index contributed by atoms with van der Waals surface area (Å²) in [6.07, 6.45) is 0. The van der Waals surface area contributed by atoms with E-state index >= 15 is 0 Å². The molecule has 1 aromatic rings. The van der Waals surface area contributed by atoms with E-state index in [2.05, 4.69) is 5.32 Å². The Labute approximate surface area is 152 Å². The second-order valence-corrected chi connectivity index (χ2v) is 9.85. The first-order chi connectivity index (χ1) is 11.6. The smallest absolute Gasteiger partial charge is 0.243 e. The lowest BCUT2D eigenvalue weighted by molar-refractivity contribution is 0.0614. The molecule has 3 aliphatic heterocycles. The van der Waals surface area contributed by atoms with E-state index in [1.165, 1.54) is 11.1 Å². The second kappa shape index (κ2) is 5.34. The van der Waals surface area contributed by atoms with Gasteiger partial charge in [0.15, 0.2) is 11.5 Å². The van der Waals surface area contributed by atoms with Crippen LogP contribution in [0.5, 0.6) is 11.5 Å². The van der Waals surface area contributed by atoms with Crippen molar-refractivity contribution >= 4 is 41.4 Å². The molecule has 4 rings (SSSR count). The van der Waals surface area contributed by atoms with Crippen molar-refractivity contribution in [2.24, 2.45) is 0 Å². The Balaban J connectivity index is 1.65. The summed E-state index contributed by atoms with van der Waals surface area (Å²) in [7, 11) is 4.26. The first-order valence-corrected chi connectivity index (χ1v) is 9.97. The van der Waals surface area contributed by atoms with Gasteiger partial charge in [0.2, 0.25) is 10.0 Å². The van der Waals surface area contributed by atoms with Crippen molar-refractivity contribution in [3.63, 3.8) is 0 Å². The van der Waals surface area contributed by atoms with Crippen molar-refractivity contribution in [2.45, 2.75) is 15.7 Å². The Kier molecular flexibility index (Phi) is 3.66. The molecule has 128 valence electrons. The van der Waals surface area contributed by atoms with Gasteiger partial charge in [-0.25, -0.2) is 8.42 Å². The average molecular weight is 356 g/mol. The van der Waals surface area contributed by atoms with Gasteiger partial charge < -0.3 is 14.8 Å². The lowest BCUT2D eigenvalue weighted by atomic mass is 9.41. The van der Waals surface area contributed by atoms with E-state index in [1.807, 2.05) is 31.4 Å². The SMILES string of the molecule is BC1(B)Oc2ccc(S(=O)(=O)N3CC4=C(CNC4)C3)cc2OC1(B)B. The van der Waals surface area contributed by atoms with Crippen LogP contribution in [-0.4, -0.2) is 81.1 Å². The highest BCUT2D eigenvalue weighted by Crippen LogP contribution is 2.40. The molecule has 0 unspecified atom stereocenters. The summed E-state index contributed by atoms with van der Waals surface area (Å²) in [5.74, 6) is 1.06. The molecule has 11 heteroatoms. The van der Waals surface area contributed by atoms with Gasteiger partial charge in [-0.2, -0.15) is 4.31 Å². The minimum atomic E-state index is -3.55. The van der Waals surface area contributed by atoms with Gasteiger partial charge in [-0.1, -0.05) is 0 Å². The lowest BCUT2D eigenvalue weighted by Crippen LogP contribution is -2.65. The summed E-state index contributed by atoms with van der Waals surface area (Å²) in [6, 6.07) is 4.88. The Bertz CT molecular complexity index is 869. The predicted octanol–water partition coefficient (Wildman–Crippen LogP) is -3.80. The van der Waals surface area contributed by atoms with E-state index in [0.717, 1.165) is 13.1 Å². The van der Waals surface area contributed by atoms with Gasteiger partial charge in [0.05, 0.1) is 15.7 Å². The van der Waals surface area contributed by atoms with Crippen LogP contribution in [0, 0.1) is 0 Å². The number of rotatable bonds is 2. The Hall–Kier alpha value is -1.31. The van der Waals surface area contributed by atoms with Crippen LogP contribution in [0.3, 0.4) is 0 Å². The molecule has 1 N–H and O–H groups in total. The van der Waals surface area contributed by atoms with E-state index in [9.17, 15) is 8.42 Å². The summed E-state index contributed by atoms with van der Waals surface area (Å²) >= 11 is 0. The van der Waals surface area contributed by atoms with Crippen LogP contribution < -0.4 is 14.8 Å². The molecule has 0 saturated carbocycles. The molecule has 3 heterocycles. The fraction of sp³-hybridized carbons (Fsp3) is 0.429. The number of hydrogen-bond acceptors (Lipinski definition) is 5. The van der Waals surface area contributed by atoms with Gasteiger partial charge >= 0.3 is 0 Å². The highest BCUT2D eigenvalue weighted by atomic mass is 32.2. The maximum Gasteiger partial charge on any atom is 0.243 e. The summed E-state index contributed by atoms with van der Waals surface area (Å²) < 4.78 is 39.7. The highest BCUT2D eigenvalue weighted by Gasteiger charge is 2.45. The molecule has 0 bridgehead atoms. The Morgan fingerprint density at radius 2 is 1.52 bits per heavy atom. The third-order valence-electron chi connectivity index (χ3n) is 5.64. The first kappa shape index (κ1) is 17.1. The molecule has 0 saturated heterocycles. The maximum absolute atomic E-state index is 13.0. The van der Waals surface area contributed by atoms with Gasteiger partial charge in [0.25, 0.3) is 0 Å². The zero-order valence-electron chi connectivity index (χ0n) is 15.0. The number of benzene rings is 1. The minimum absolute atomic E-state index is 0.250. The van der Waals surface area contributed by atoms with Crippen LogP contribution in [0.15, 0.2) is 34.2 Å². The molecule has 0 radical (unpaired) electrons. The van der Waals surface area contributed by atoms with Crippen LogP contribution in [0.4, 0.5) is 0 Å². The van der Waals surface area contributed by atoms with E-state index in [4.69, 9.17) is 9.47 Å². The van der Waals surface area contributed by atoms with Gasteiger partial charge in [-0.3, -0.25) is 0 Å². The minimum Gasteiger partial charge on any atom is -0.499 e. The first-order valence-electron chi connectivity index (χ1n) is 8.53. The fourth-order valence-electron chi connectivity index (χ4n) is 3.36. The summed E-state index contributed by atoms with van der Waals surface area (Å²) in [5, 5.41) is 2.19.